The SMILES string of the molecule is NC(=O)c1cccnc1Sc1ccc(Br)c(C(=O)O)c1. The number of nitrogens with zero attached hydrogens (tertiary/aromatic N) is 1. The Bertz CT molecular complexity index is 691. The second-order valence-electron chi connectivity index (χ2n) is 3.77. The zero-order chi connectivity index (χ0) is 14.7. The van der Waals surface area contributed by atoms with E-state index in [4.69, 9.17) is 10.8 Å². The molecule has 2 aromatic rings. The summed E-state index contributed by atoms with van der Waals surface area (Å²) in [5, 5.41) is 9.51. The van der Waals surface area contributed by atoms with Crippen LogP contribution in [0.1, 0.15) is 20.7 Å². The van der Waals surface area contributed by atoms with Gasteiger partial charge in [-0.25, -0.2) is 9.78 Å². The third kappa shape index (κ3) is 3.17. The van der Waals surface area contributed by atoms with Gasteiger partial charge in [-0.05, 0) is 46.3 Å². The summed E-state index contributed by atoms with van der Waals surface area (Å²) < 4.78 is 0.491. The average molecular weight is 353 g/mol. The molecule has 0 aliphatic carbocycles. The highest BCUT2D eigenvalue weighted by atomic mass is 79.9. The largest absolute Gasteiger partial charge is 0.478 e. The van der Waals surface area contributed by atoms with E-state index < -0.39 is 11.9 Å². The third-order valence-electron chi connectivity index (χ3n) is 2.42. The predicted molar refractivity (Wildman–Crippen MR) is 78.0 cm³/mol. The lowest BCUT2D eigenvalue weighted by atomic mass is 10.2. The van der Waals surface area contributed by atoms with Crippen LogP contribution in [0.25, 0.3) is 0 Å². The van der Waals surface area contributed by atoms with Crippen LogP contribution in [0, 0.1) is 0 Å². The summed E-state index contributed by atoms with van der Waals surface area (Å²) in [6.45, 7) is 0. The van der Waals surface area contributed by atoms with Gasteiger partial charge < -0.3 is 10.8 Å². The average Bonchev–Trinajstić information content (AvgIpc) is 2.41. The number of halogens is 1. The molecule has 0 spiro atoms. The van der Waals surface area contributed by atoms with Crippen molar-refractivity contribution in [1.82, 2.24) is 4.98 Å². The molecule has 0 saturated carbocycles. The molecule has 3 N–H and O–H groups in total. The van der Waals surface area contributed by atoms with Crippen LogP contribution in [-0.2, 0) is 0 Å². The molecule has 0 unspecified atom stereocenters. The van der Waals surface area contributed by atoms with Crippen LogP contribution in [0.3, 0.4) is 0 Å². The smallest absolute Gasteiger partial charge is 0.336 e. The number of pyridine rings is 1. The Morgan fingerprint density at radius 3 is 2.65 bits per heavy atom. The number of amides is 1. The van der Waals surface area contributed by atoms with Crippen LogP contribution in [0.15, 0.2) is 50.9 Å². The lowest BCUT2D eigenvalue weighted by Gasteiger charge is -2.06. The van der Waals surface area contributed by atoms with Gasteiger partial charge in [0.15, 0.2) is 0 Å². The monoisotopic (exact) mass is 352 g/mol. The molecule has 1 aromatic heterocycles. The van der Waals surface area contributed by atoms with Crippen LogP contribution in [0.2, 0.25) is 0 Å². The maximum absolute atomic E-state index is 11.3. The fourth-order valence-corrected chi connectivity index (χ4v) is 2.85. The van der Waals surface area contributed by atoms with Gasteiger partial charge in [-0.3, -0.25) is 4.79 Å². The van der Waals surface area contributed by atoms with E-state index in [1.165, 1.54) is 17.8 Å². The highest BCUT2D eigenvalue weighted by Gasteiger charge is 2.13. The first-order chi connectivity index (χ1) is 9.49. The van der Waals surface area contributed by atoms with Crippen molar-refractivity contribution in [3.63, 3.8) is 0 Å². The second kappa shape index (κ2) is 6.06. The second-order valence-corrected chi connectivity index (χ2v) is 5.69. The van der Waals surface area contributed by atoms with Crippen LogP contribution < -0.4 is 5.73 Å². The molecule has 0 radical (unpaired) electrons. The zero-order valence-electron chi connectivity index (χ0n) is 10.0. The normalized spacial score (nSPS) is 10.2. The van der Waals surface area contributed by atoms with Crippen molar-refractivity contribution >= 4 is 39.6 Å². The fraction of sp³-hybridized carbons (Fsp3) is 0. The molecule has 5 nitrogen and oxygen atoms in total. The van der Waals surface area contributed by atoms with Crippen LogP contribution in [0.4, 0.5) is 0 Å². The molecule has 7 heteroatoms. The number of hydrogen-bond donors (Lipinski definition) is 2. The molecule has 20 heavy (non-hydrogen) atoms. The minimum absolute atomic E-state index is 0.145. The number of carboxylic acid groups (broad SMARTS) is 1. The molecule has 1 amide bonds. The van der Waals surface area contributed by atoms with Gasteiger partial charge in [0.1, 0.15) is 5.03 Å². The number of benzene rings is 1. The molecule has 0 bridgehead atoms. The van der Waals surface area contributed by atoms with Gasteiger partial charge in [0.25, 0.3) is 5.91 Å². The highest BCUT2D eigenvalue weighted by molar-refractivity contribution is 9.10. The number of primary amides is 1. The topological polar surface area (TPSA) is 93.3 Å². The number of carbonyl (C=O) groups is 2. The van der Waals surface area contributed by atoms with Crippen molar-refractivity contribution in [2.45, 2.75) is 9.92 Å². The van der Waals surface area contributed by atoms with Crippen LogP contribution in [0.5, 0.6) is 0 Å². The van der Waals surface area contributed by atoms with E-state index >= 15 is 0 Å². The first-order valence-electron chi connectivity index (χ1n) is 5.44. The van der Waals surface area contributed by atoms with E-state index in [2.05, 4.69) is 20.9 Å². The summed E-state index contributed by atoms with van der Waals surface area (Å²) in [5.74, 6) is -1.60. The highest BCUT2D eigenvalue weighted by Crippen LogP contribution is 2.31. The summed E-state index contributed by atoms with van der Waals surface area (Å²) in [6, 6.07) is 8.08. The van der Waals surface area contributed by atoms with Gasteiger partial charge in [0.2, 0.25) is 0 Å². The van der Waals surface area contributed by atoms with E-state index in [1.54, 1.807) is 30.5 Å². The first-order valence-corrected chi connectivity index (χ1v) is 7.05. The third-order valence-corrected chi connectivity index (χ3v) is 4.12. The van der Waals surface area contributed by atoms with E-state index in [-0.39, 0.29) is 5.56 Å². The van der Waals surface area contributed by atoms with E-state index in [0.717, 1.165) is 0 Å². The number of aromatic nitrogens is 1. The van der Waals surface area contributed by atoms with Gasteiger partial charge in [0, 0.05) is 15.6 Å². The Morgan fingerprint density at radius 2 is 2.00 bits per heavy atom. The minimum Gasteiger partial charge on any atom is -0.478 e. The lowest BCUT2D eigenvalue weighted by molar-refractivity contribution is 0.0695. The number of carbonyl (C=O) groups excluding carboxylic acids is 1. The summed E-state index contributed by atoms with van der Waals surface area (Å²) >= 11 is 4.36. The fourth-order valence-electron chi connectivity index (χ4n) is 1.50. The van der Waals surface area contributed by atoms with Crippen molar-refractivity contribution in [3.05, 3.63) is 52.1 Å². The molecule has 1 aromatic carbocycles. The van der Waals surface area contributed by atoms with Crippen molar-refractivity contribution in [3.8, 4) is 0 Å². The van der Waals surface area contributed by atoms with E-state index in [0.29, 0.717) is 20.0 Å². The van der Waals surface area contributed by atoms with Crippen LogP contribution >= 0.6 is 27.7 Å². The van der Waals surface area contributed by atoms with Gasteiger partial charge in [-0.1, -0.05) is 11.8 Å². The predicted octanol–water partition coefficient (Wildman–Crippen LogP) is 2.79. The zero-order valence-corrected chi connectivity index (χ0v) is 12.4. The van der Waals surface area contributed by atoms with Crippen molar-refractivity contribution in [2.75, 3.05) is 0 Å². The first kappa shape index (κ1) is 14.5. The molecule has 2 rings (SSSR count). The van der Waals surface area contributed by atoms with E-state index in [1.807, 2.05) is 0 Å². The number of hydrogen-bond acceptors (Lipinski definition) is 4. The van der Waals surface area contributed by atoms with Crippen LogP contribution in [-0.4, -0.2) is 22.0 Å². The van der Waals surface area contributed by atoms with Gasteiger partial charge in [-0.15, -0.1) is 0 Å². The Hall–Kier alpha value is -1.86. The number of carboxylic acids is 1. The molecule has 0 atom stereocenters. The molecule has 0 aliphatic heterocycles. The Morgan fingerprint density at radius 1 is 1.25 bits per heavy atom. The van der Waals surface area contributed by atoms with Gasteiger partial charge >= 0.3 is 5.97 Å². The van der Waals surface area contributed by atoms with Crippen molar-refractivity contribution in [2.24, 2.45) is 5.73 Å². The summed E-state index contributed by atoms with van der Waals surface area (Å²) in [7, 11) is 0. The molecule has 102 valence electrons. The quantitative estimate of drug-likeness (QED) is 0.882. The molecule has 0 aliphatic rings. The summed E-state index contributed by atoms with van der Waals surface area (Å²) in [5.41, 5.74) is 5.72. The summed E-state index contributed by atoms with van der Waals surface area (Å²) in [6.07, 6.45) is 1.55. The Kier molecular flexibility index (Phi) is 4.41. The minimum atomic E-state index is -1.03. The Labute approximate surface area is 127 Å². The van der Waals surface area contributed by atoms with Crippen molar-refractivity contribution < 1.29 is 14.7 Å². The van der Waals surface area contributed by atoms with Gasteiger partial charge in [0.05, 0.1) is 11.1 Å². The number of nitrogens with two attached hydrogens (primary N) is 1. The lowest BCUT2D eigenvalue weighted by Crippen LogP contribution is -2.12. The standard InChI is InChI=1S/C13H9BrN2O3S/c14-10-4-3-7(6-9(10)13(18)19)20-12-8(11(15)17)2-1-5-16-12/h1-6H,(H2,15,17)(H,18,19). The molecular formula is C13H9BrN2O3S. The maximum Gasteiger partial charge on any atom is 0.336 e. The number of rotatable bonds is 4. The Balaban J connectivity index is 2.38. The molecular weight excluding hydrogens is 344 g/mol. The van der Waals surface area contributed by atoms with Gasteiger partial charge in [-0.2, -0.15) is 0 Å². The number of aromatic carboxylic acids is 1. The van der Waals surface area contributed by atoms with E-state index in [9.17, 15) is 9.59 Å². The molecule has 0 fully saturated rings. The summed E-state index contributed by atoms with van der Waals surface area (Å²) in [4.78, 5) is 27.1. The molecule has 1 heterocycles. The maximum atomic E-state index is 11.3. The molecule has 0 saturated heterocycles. The van der Waals surface area contributed by atoms with Crippen molar-refractivity contribution in [1.29, 1.82) is 0 Å².